The van der Waals surface area contributed by atoms with Gasteiger partial charge in [-0.3, -0.25) is 0 Å². The molecule has 0 aromatic rings. The van der Waals surface area contributed by atoms with E-state index in [0.29, 0.717) is 6.42 Å². The minimum Gasteiger partial charge on any atom is -0.466 e. The van der Waals surface area contributed by atoms with Gasteiger partial charge in [-0.15, -0.1) is 0 Å². The molecule has 0 saturated carbocycles. The van der Waals surface area contributed by atoms with Gasteiger partial charge in [-0.1, -0.05) is 5.16 Å². The molecule has 1 aliphatic heterocycles. The lowest BCUT2D eigenvalue weighted by Crippen LogP contribution is -2.21. The molecule has 0 saturated heterocycles. The van der Waals surface area contributed by atoms with Crippen LogP contribution in [0.25, 0.3) is 0 Å². The monoisotopic (exact) mass is 143 g/mol. The lowest BCUT2D eigenvalue weighted by molar-refractivity contribution is -0.152. The normalized spacial score (nSPS) is 23.4. The largest absolute Gasteiger partial charge is 0.466 e. The number of hydrogen-bond donors (Lipinski definition) is 0. The zero-order valence-corrected chi connectivity index (χ0v) is 5.96. The van der Waals surface area contributed by atoms with E-state index in [1.807, 2.05) is 6.92 Å². The van der Waals surface area contributed by atoms with E-state index in [1.54, 1.807) is 0 Å². The molecule has 1 aliphatic rings. The Hall–Kier alpha value is -1.06. The quantitative estimate of drug-likeness (QED) is 0.497. The molecule has 1 rings (SSSR count). The topological polar surface area (TPSA) is 47.9 Å². The molecule has 10 heavy (non-hydrogen) atoms. The first-order valence-corrected chi connectivity index (χ1v) is 3.01. The van der Waals surface area contributed by atoms with Crippen molar-refractivity contribution in [2.24, 2.45) is 5.16 Å². The molecule has 0 aromatic carbocycles. The first-order valence-electron chi connectivity index (χ1n) is 3.01. The van der Waals surface area contributed by atoms with Crippen LogP contribution in [0.4, 0.5) is 0 Å². The van der Waals surface area contributed by atoms with E-state index in [4.69, 9.17) is 4.84 Å². The molecule has 4 nitrogen and oxygen atoms in total. The molecule has 0 radical (unpaired) electrons. The predicted molar refractivity (Wildman–Crippen MR) is 34.6 cm³/mol. The van der Waals surface area contributed by atoms with Crippen LogP contribution in [0.5, 0.6) is 0 Å². The molecule has 0 fully saturated rings. The number of hydrogen-bond acceptors (Lipinski definition) is 4. The van der Waals surface area contributed by atoms with Crippen molar-refractivity contribution in [2.45, 2.75) is 19.4 Å². The molecule has 0 spiro atoms. The van der Waals surface area contributed by atoms with Crippen LogP contribution in [0.3, 0.4) is 0 Å². The Labute approximate surface area is 58.8 Å². The molecule has 0 bridgehead atoms. The standard InChI is InChI=1S/C6H9NO3/c1-4-3-5(10-7-4)6(8)9-2/h5H,3H2,1-2H3. The fourth-order valence-electron chi connectivity index (χ4n) is 0.754. The summed E-state index contributed by atoms with van der Waals surface area (Å²) in [7, 11) is 1.33. The van der Waals surface area contributed by atoms with Crippen LogP contribution in [-0.4, -0.2) is 24.9 Å². The van der Waals surface area contributed by atoms with E-state index in [-0.39, 0.29) is 5.97 Å². The second-order valence-corrected chi connectivity index (χ2v) is 2.15. The summed E-state index contributed by atoms with van der Waals surface area (Å²) in [4.78, 5) is 15.5. The van der Waals surface area contributed by atoms with Gasteiger partial charge in [0.05, 0.1) is 12.8 Å². The average Bonchev–Trinajstić information content (AvgIpc) is 2.34. The summed E-state index contributed by atoms with van der Waals surface area (Å²) in [6, 6.07) is 0. The molecular weight excluding hydrogens is 134 g/mol. The Bertz CT molecular complexity index is 176. The van der Waals surface area contributed by atoms with Crippen molar-refractivity contribution in [1.82, 2.24) is 0 Å². The van der Waals surface area contributed by atoms with Gasteiger partial charge in [0, 0.05) is 6.42 Å². The Kier molecular flexibility index (Phi) is 1.89. The fraction of sp³-hybridized carbons (Fsp3) is 0.667. The van der Waals surface area contributed by atoms with Gasteiger partial charge < -0.3 is 9.57 Å². The van der Waals surface area contributed by atoms with E-state index < -0.39 is 6.10 Å². The van der Waals surface area contributed by atoms with Gasteiger partial charge in [-0.2, -0.15) is 0 Å². The Morgan fingerprint density at radius 1 is 1.90 bits per heavy atom. The molecule has 0 aromatic heterocycles. The summed E-state index contributed by atoms with van der Waals surface area (Å²) in [6.07, 6.45) is 0.0390. The highest BCUT2D eigenvalue weighted by Gasteiger charge is 2.26. The van der Waals surface area contributed by atoms with Crippen molar-refractivity contribution in [1.29, 1.82) is 0 Å². The van der Waals surface area contributed by atoms with Crippen molar-refractivity contribution in [3.05, 3.63) is 0 Å². The maximum absolute atomic E-state index is 10.7. The van der Waals surface area contributed by atoms with Crippen LogP contribution in [0, 0.1) is 0 Å². The first kappa shape index (κ1) is 7.05. The number of rotatable bonds is 1. The van der Waals surface area contributed by atoms with Crippen LogP contribution in [0.15, 0.2) is 5.16 Å². The SMILES string of the molecule is COC(=O)C1CC(C)=NO1. The highest BCUT2D eigenvalue weighted by molar-refractivity contribution is 5.89. The maximum Gasteiger partial charge on any atom is 0.350 e. The third kappa shape index (κ3) is 1.26. The van der Waals surface area contributed by atoms with E-state index in [9.17, 15) is 4.79 Å². The van der Waals surface area contributed by atoms with Gasteiger partial charge in [0.1, 0.15) is 0 Å². The van der Waals surface area contributed by atoms with Crippen molar-refractivity contribution >= 4 is 11.7 Å². The lowest BCUT2D eigenvalue weighted by atomic mass is 10.2. The summed E-state index contributed by atoms with van der Waals surface area (Å²) in [6.45, 7) is 1.81. The van der Waals surface area contributed by atoms with Crippen LogP contribution in [0.1, 0.15) is 13.3 Å². The summed E-state index contributed by atoms with van der Waals surface area (Å²) < 4.78 is 4.45. The smallest absolute Gasteiger partial charge is 0.350 e. The van der Waals surface area contributed by atoms with Crippen molar-refractivity contribution < 1.29 is 14.4 Å². The van der Waals surface area contributed by atoms with Crippen LogP contribution in [-0.2, 0) is 14.4 Å². The highest BCUT2D eigenvalue weighted by atomic mass is 16.7. The number of esters is 1. The number of nitrogens with zero attached hydrogens (tertiary/aromatic N) is 1. The molecule has 1 atom stereocenters. The first-order chi connectivity index (χ1) is 4.74. The van der Waals surface area contributed by atoms with Crippen molar-refractivity contribution in [3.8, 4) is 0 Å². The minimum atomic E-state index is -0.509. The van der Waals surface area contributed by atoms with E-state index in [2.05, 4.69) is 9.89 Å². The third-order valence-corrected chi connectivity index (χ3v) is 1.28. The Morgan fingerprint density at radius 2 is 2.60 bits per heavy atom. The number of carbonyl (C=O) groups is 1. The van der Waals surface area contributed by atoms with Gasteiger partial charge in [0.15, 0.2) is 0 Å². The summed E-state index contributed by atoms with van der Waals surface area (Å²) in [5.41, 5.74) is 0.829. The molecule has 0 aliphatic carbocycles. The molecule has 56 valence electrons. The molecule has 0 amide bonds. The second kappa shape index (κ2) is 2.68. The van der Waals surface area contributed by atoms with E-state index >= 15 is 0 Å². The van der Waals surface area contributed by atoms with Crippen molar-refractivity contribution in [2.75, 3.05) is 7.11 Å². The Balaban J connectivity index is 2.42. The van der Waals surface area contributed by atoms with E-state index in [1.165, 1.54) is 7.11 Å². The number of oxime groups is 1. The molecule has 1 heterocycles. The van der Waals surface area contributed by atoms with Crippen LogP contribution < -0.4 is 0 Å². The second-order valence-electron chi connectivity index (χ2n) is 2.15. The molecule has 1 unspecified atom stereocenters. The van der Waals surface area contributed by atoms with Crippen molar-refractivity contribution in [3.63, 3.8) is 0 Å². The third-order valence-electron chi connectivity index (χ3n) is 1.28. The van der Waals surface area contributed by atoms with Gasteiger partial charge in [-0.05, 0) is 6.92 Å². The number of carbonyl (C=O) groups excluding carboxylic acids is 1. The molecular formula is C6H9NO3. The minimum absolute atomic E-state index is 0.361. The van der Waals surface area contributed by atoms with Gasteiger partial charge in [0.25, 0.3) is 0 Å². The fourth-order valence-corrected chi connectivity index (χ4v) is 0.754. The number of ether oxygens (including phenoxy) is 1. The van der Waals surface area contributed by atoms with Gasteiger partial charge in [0.2, 0.25) is 6.10 Å². The van der Waals surface area contributed by atoms with Crippen LogP contribution >= 0.6 is 0 Å². The summed E-state index contributed by atoms with van der Waals surface area (Å²) in [5.74, 6) is -0.361. The van der Waals surface area contributed by atoms with E-state index in [0.717, 1.165) is 5.71 Å². The predicted octanol–water partition coefficient (Wildman–Crippen LogP) is 0.324. The summed E-state index contributed by atoms with van der Waals surface area (Å²) >= 11 is 0. The number of methoxy groups -OCH3 is 1. The lowest BCUT2D eigenvalue weighted by Gasteiger charge is -2.03. The van der Waals surface area contributed by atoms with Crippen LogP contribution in [0.2, 0.25) is 0 Å². The highest BCUT2D eigenvalue weighted by Crippen LogP contribution is 2.10. The molecule has 0 N–H and O–H groups in total. The van der Waals surface area contributed by atoms with Gasteiger partial charge >= 0.3 is 5.97 Å². The average molecular weight is 143 g/mol. The maximum atomic E-state index is 10.7. The zero-order chi connectivity index (χ0) is 7.56. The summed E-state index contributed by atoms with van der Waals surface area (Å²) in [5, 5.41) is 3.60. The molecule has 4 heteroatoms. The Morgan fingerprint density at radius 3 is 3.00 bits per heavy atom. The zero-order valence-electron chi connectivity index (χ0n) is 5.96. The van der Waals surface area contributed by atoms with Gasteiger partial charge in [-0.25, -0.2) is 4.79 Å².